The van der Waals surface area contributed by atoms with Crippen LogP contribution in [0, 0.1) is 5.92 Å². The van der Waals surface area contributed by atoms with Crippen LogP contribution in [0.2, 0.25) is 0 Å². The summed E-state index contributed by atoms with van der Waals surface area (Å²) in [5, 5.41) is 3.31. The van der Waals surface area contributed by atoms with Gasteiger partial charge in [0, 0.05) is 0 Å². The predicted molar refractivity (Wildman–Crippen MR) is 79.8 cm³/mol. The first-order valence-electron chi connectivity index (χ1n) is 7.25. The average Bonchev–Trinajstić information content (AvgIpc) is 2.38. The van der Waals surface area contributed by atoms with Crippen molar-refractivity contribution in [3.63, 3.8) is 0 Å². The van der Waals surface area contributed by atoms with Crippen LogP contribution in [0.4, 0.5) is 0 Å². The Hall–Kier alpha value is -0.220. The maximum Gasteiger partial charge on any atom is 0.234 e. The Bertz CT molecular complexity index is 230. The quantitative estimate of drug-likeness (QED) is 0.634. The summed E-state index contributed by atoms with van der Waals surface area (Å²) in [6.07, 6.45) is 12.5. The molecule has 4 heteroatoms. The third-order valence-corrected chi connectivity index (χ3v) is 4.50. The Balaban J connectivity index is 2.08. The molecule has 1 saturated carbocycles. The number of carbonyl (C=O) groups excluding carboxylic acids is 1. The van der Waals surface area contributed by atoms with Crippen LogP contribution in [0.1, 0.15) is 51.4 Å². The molecule has 0 bridgehead atoms. The predicted octanol–water partition coefficient (Wildman–Crippen LogP) is 2.54. The van der Waals surface area contributed by atoms with Crippen molar-refractivity contribution in [2.45, 2.75) is 57.4 Å². The molecular weight excluding hydrogens is 244 g/mol. The molecule has 0 radical (unpaired) electrons. The number of nitrogens with one attached hydrogen (secondary N) is 1. The molecule has 3 N–H and O–H groups in total. The molecule has 0 aromatic heterocycles. The number of hydrogen-bond donors (Lipinski definition) is 2. The van der Waals surface area contributed by atoms with Crippen LogP contribution in [-0.4, -0.2) is 30.5 Å². The molecule has 0 heterocycles. The van der Waals surface area contributed by atoms with Gasteiger partial charge in [0.2, 0.25) is 5.91 Å². The monoisotopic (exact) mass is 272 g/mol. The number of amides is 1. The van der Waals surface area contributed by atoms with E-state index in [1.165, 1.54) is 44.9 Å². The minimum absolute atomic E-state index is 0.135. The molecule has 0 spiro atoms. The number of hydrogen-bond acceptors (Lipinski definition) is 3. The van der Waals surface area contributed by atoms with Crippen molar-refractivity contribution >= 4 is 17.7 Å². The average molecular weight is 272 g/mol. The molecule has 0 aromatic carbocycles. The summed E-state index contributed by atoms with van der Waals surface area (Å²) in [5.74, 6) is 1.71. The van der Waals surface area contributed by atoms with Gasteiger partial charge in [-0.2, -0.15) is 11.8 Å². The molecule has 1 fully saturated rings. The lowest BCUT2D eigenvalue weighted by atomic mass is 9.86. The summed E-state index contributed by atoms with van der Waals surface area (Å²) >= 11 is 1.76. The Labute approximate surface area is 116 Å². The van der Waals surface area contributed by atoms with Gasteiger partial charge in [-0.05, 0) is 43.7 Å². The van der Waals surface area contributed by atoms with E-state index in [4.69, 9.17) is 5.73 Å². The van der Waals surface area contributed by atoms with Gasteiger partial charge in [-0.1, -0.05) is 32.1 Å². The van der Waals surface area contributed by atoms with E-state index in [2.05, 4.69) is 11.6 Å². The van der Waals surface area contributed by atoms with Crippen LogP contribution in [0.3, 0.4) is 0 Å². The molecule has 1 aliphatic rings. The van der Waals surface area contributed by atoms with E-state index >= 15 is 0 Å². The van der Waals surface area contributed by atoms with E-state index in [0.717, 1.165) is 24.6 Å². The summed E-state index contributed by atoms with van der Waals surface area (Å²) in [7, 11) is 0. The number of nitrogens with two attached hydrogens (primary N) is 1. The van der Waals surface area contributed by atoms with Crippen LogP contribution >= 0.6 is 11.8 Å². The standard InChI is InChI=1S/C14H28N2OS/c1-18-11-9-13(14(15)17)16-10-5-8-12-6-3-2-4-7-12/h12-13,16H,2-11H2,1H3,(H2,15,17)/t13-/m1/s1. The highest BCUT2D eigenvalue weighted by atomic mass is 32.2. The second-order valence-corrected chi connectivity index (χ2v) is 6.32. The van der Waals surface area contributed by atoms with E-state index in [1.54, 1.807) is 11.8 Å². The lowest BCUT2D eigenvalue weighted by Crippen LogP contribution is -2.42. The summed E-state index contributed by atoms with van der Waals surface area (Å²) in [4.78, 5) is 11.3. The number of rotatable bonds is 9. The Morgan fingerprint density at radius 2 is 2.11 bits per heavy atom. The largest absolute Gasteiger partial charge is 0.368 e. The molecule has 1 aliphatic carbocycles. The number of thioether (sulfide) groups is 1. The van der Waals surface area contributed by atoms with Gasteiger partial charge in [0.1, 0.15) is 0 Å². The Morgan fingerprint density at radius 1 is 1.39 bits per heavy atom. The van der Waals surface area contributed by atoms with E-state index in [0.29, 0.717) is 0 Å². The van der Waals surface area contributed by atoms with Crippen LogP contribution < -0.4 is 11.1 Å². The van der Waals surface area contributed by atoms with Crippen molar-refractivity contribution in [3.05, 3.63) is 0 Å². The van der Waals surface area contributed by atoms with E-state index in [-0.39, 0.29) is 11.9 Å². The maximum atomic E-state index is 11.3. The van der Waals surface area contributed by atoms with Crippen LogP contribution in [0.15, 0.2) is 0 Å². The topological polar surface area (TPSA) is 55.1 Å². The van der Waals surface area contributed by atoms with Crippen LogP contribution in [0.25, 0.3) is 0 Å². The molecule has 1 amide bonds. The van der Waals surface area contributed by atoms with Gasteiger partial charge < -0.3 is 11.1 Å². The molecule has 1 atom stereocenters. The summed E-state index contributed by atoms with van der Waals surface area (Å²) in [5.41, 5.74) is 5.39. The highest BCUT2D eigenvalue weighted by molar-refractivity contribution is 7.98. The summed E-state index contributed by atoms with van der Waals surface area (Å²) in [6, 6.07) is -0.135. The van der Waals surface area contributed by atoms with Crippen molar-refractivity contribution in [2.75, 3.05) is 18.6 Å². The fourth-order valence-electron chi connectivity index (χ4n) is 2.72. The SMILES string of the molecule is CSCC[C@@H](NCCCC1CCCCC1)C(N)=O. The van der Waals surface area contributed by atoms with Gasteiger partial charge in [-0.3, -0.25) is 4.79 Å². The van der Waals surface area contributed by atoms with Gasteiger partial charge in [0.15, 0.2) is 0 Å². The molecule has 106 valence electrons. The molecule has 0 aliphatic heterocycles. The molecule has 0 saturated heterocycles. The molecule has 1 rings (SSSR count). The Morgan fingerprint density at radius 3 is 2.72 bits per heavy atom. The van der Waals surface area contributed by atoms with Crippen molar-refractivity contribution in [1.82, 2.24) is 5.32 Å². The number of carbonyl (C=O) groups is 1. The van der Waals surface area contributed by atoms with Crippen molar-refractivity contribution in [2.24, 2.45) is 11.7 Å². The second-order valence-electron chi connectivity index (χ2n) is 5.34. The lowest BCUT2D eigenvalue weighted by molar-refractivity contribution is -0.120. The van der Waals surface area contributed by atoms with Gasteiger partial charge in [0.05, 0.1) is 6.04 Å². The third-order valence-electron chi connectivity index (χ3n) is 3.86. The fourth-order valence-corrected chi connectivity index (χ4v) is 3.19. The fraction of sp³-hybridized carbons (Fsp3) is 0.929. The van der Waals surface area contributed by atoms with E-state index in [1.807, 2.05) is 0 Å². The smallest absolute Gasteiger partial charge is 0.234 e. The minimum atomic E-state index is -0.207. The van der Waals surface area contributed by atoms with E-state index < -0.39 is 0 Å². The molecule has 3 nitrogen and oxygen atoms in total. The van der Waals surface area contributed by atoms with Crippen LogP contribution in [-0.2, 0) is 4.79 Å². The molecule has 0 unspecified atom stereocenters. The minimum Gasteiger partial charge on any atom is -0.368 e. The van der Waals surface area contributed by atoms with Crippen molar-refractivity contribution in [3.8, 4) is 0 Å². The summed E-state index contributed by atoms with van der Waals surface area (Å²) in [6.45, 7) is 0.929. The number of primary amides is 1. The maximum absolute atomic E-state index is 11.3. The van der Waals surface area contributed by atoms with Gasteiger partial charge in [-0.15, -0.1) is 0 Å². The van der Waals surface area contributed by atoms with Crippen molar-refractivity contribution in [1.29, 1.82) is 0 Å². The van der Waals surface area contributed by atoms with Gasteiger partial charge >= 0.3 is 0 Å². The molecule has 0 aromatic rings. The zero-order valence-electron chi connectivity index (χ0n) is 11.6. The van der Waals surface area contributed by atoms with E-state index in [9.17, 15) is 4.79 Å². The van der Waals surface area contributed by atoms with Crippen molar-refractivity contribution < 1.29 is 4.79 Å². The highest BCUT2D eigenvalue weighted by Gasteiger charge is 2.15. The molecular formula is C14H28N2OS. The van der Waals surface area contributed by atoms with Gasteiger partial charge in [0.25, 0.3) is 0 Å². The van der Waals surface area contributed by atoms with Crippen LogP contribution in [0.5, 0.6) is 0 Å². The first-order chi connectivity index (χ1) is 8.74. The highest BCUT2D eigenvalue weighted by Crippen LogP contribution is 2.26. The first kappa shape index (κ1) is 15.8. The third kappa shape index (κ3) is 6.64. The zero-order chi connectivity index (χ0) is 13.2. The first-order valence-corrected chi connectivity index (χ1v) is 8.65. The van der Waals surface area contributed by atoms with Gasteiger partial charge in [-0.25, -0.2) is 0 Å². The molecule has 18 heavy (non-hydrogen) atoms. The Kier molecular flexibility index (Phi) is 8.51. The summed E-state index contributed by atoms with van der Waals surface area (Å²) < 4.78 is 0. The lowest BCUT2D eigenvalue weighted by Gasteiger charge is -2.22. The normalized spacial score (nSPS) is 18.7. The second kappa shape index (κ2) is 9.68. The zero-order valence-corrected chi connectivity index (χ0v) is 12.4.